The van der Waals surface area contributed by atoms with Gasteiger partial charge in [0.05, 0.1) is 88.5 Å². The highest BCUT2D eigenvalue weighted by Crippen LogP contribution is 2.34. The third-order valence-electron chi connectivity index (χ3n) is 5.21. The largest absolute Gasteiger partial charge is 0.484 e. The van der Waals surface area contributed by atoms with Crippen LogP contribution < -0.4 is 10.1 Å². The van der Waals surface area contributed by atoms with Gasteiger partial charge in [-0.15, -0.1) is 0 Å². The minimum Gasteiger partial charge on any atom is -0.484 e. The van der Waals surface area contributed by atoms with Crippen LogP contribution in [-0.2, 0) is 23.7 Å². The van der Waals surface area contributed by atoms with E-state index in [2.05, 4.69) is 31.2 Å². The van der Waals surface area contributed by atoms with Crippen molar-refractivity contribution in [2.24, 2.45) is 0 Å². The van der Waals surface area contributed by atoms with E-state index in [1.54, 1.807) is 0 Å². The van der Waals surface area contributed by atoms with Crippen LogP contribution in [0, 0.1) is 10.1 Å². The highest BCUT2D eigenvalue weighted by molar-refractivity contribution is 9.10. The SMILES string of the molecule is O=[N+]([O-])c1cc2c(Nc3cccc(Br)c3)ncnc2cc1OCCOCCOCCOCCOCCOCCO. The quantitative estimate of drug-likeness (QED) is 0.101. The Morgan fingerprint density at radius 2 is 1.43 bits per heavy atom. The molecule has 0 aliphatic heterocycles. The molecule has 0 saturated heterocycles. The Morgan fingerprint density at radius 1 is 0.825 bits per heavy atom. The number of halogens is 1. The number of nitrogens with zero attached hydrogens (tertiary/aromatic N) is 3. The van der Waals surface area contributed by atoms with Crippen molar-refractivity contribution in [2.45, 2.75) is 0 Å². The first kappa shape index (κ1) is 31.5. The number of aliphatic hydroxyl groups excluding tert-OH is 1. The zero-order chi connectivity index (χ0) is 28.4. The maximum Gasteiger partial charge on any atom is 0.311 e. The van der Waals surface area contributed by atoms with Crippen molar-refractivity contribution >= 4 is 44.0 Å². The number of nitro groups is 1. The van der Waals surface area contributed by atoms with Gasteiger partial charge in [0, 0.05) is 22.3 Å². The number of hydrogen-bond acceptors (Lipinski definition) is 12. The number of nitrogens with one attached hydrogen (secondary N) is 1. The van der Waals surface area contributed by atoms with E-state index < -0.39 is 4.92 Å². The molecule has 0 saturated carbocycles. The zero-order valence-electron chi connectivity index (χ0n) is 22.0. The summed E-state index contributed by atoms with van der Waals surface area (Å²) in [6.07, 6.45) is 1.39. The fourth-order valence-corrected chi connectivity index (χ4v) is 3.79. The average Bonchev–Trinajstić information content (AvgIpc) is 2.94. The molecular weight excluding hydrogens is 592 g/mol. The van der Waals surface area contributed by atoms with Gasteiger partial charge in [-0.1, -0.05) is 22.0 Å². The Morgan fingerprint density at radius 3 is 2.00 bits per heavy atom. The van der Waals surface area contributed by atoms with Gasteiger partial charge in [0.25, 0.3) is 0 Å². The fourth-order valence-electron chi connectivity index (χ4n) is 3.39. The fraction of sp³-hybridized carbons (Fsp3) is 0.462. The number of fused-ring (bicyclic) bond motifs is 1. The zero-order valence-corrected chi connectivity index (χ0v) is 23.5. The number of aromatic nitrogens is 2. The van der Waals surface area contributed by atoms with Crippen LogP contribution in [0.15, 0.2) is 47.2 Å². The summed E-state index contributed by atoms with van der Waals surface area (Å²) in [4.78, 5) is 19.7. The smallest absolute Gasteiger partial charge is 0.311 e. The lowest BCUT2D eigenvalue weighted by Crippen LogP contribution is -2.14. The highest BCUT2D eigenvalue weighted by Gasteiger charge is 2.19. The molecule has 1 aromatic heterocycles. The van der Waals surface area contributed by atoms with Gasteiger partial charge in [-0.2, -0.15) is 0 Å². The summed E-state index contributed by atoms with van der Waals surface area (Å²) in [5.74, 6) is 0.545. The van der Waals surface area contributed by atoms with Gasteiger partial charge in [0.15, 0.2) is 5.75 Å². The van der Waals surface area contributed by atoms with Crippen LogP contribution in [0.2, 0.25) is 0 Å². The van der Waals surface area contributed by atoms with Gasteiger partial charge in [-0.25, -0.2) is 9.97 Å². The molecule has 2 aromatic carbocycles. The van der Waals surface area contributed by atoms with Crippen LogP contribution in [0.5, 0.6) is 5.75 Å². The molecule has 13 nitrogen and oxygen atoms in total. The van der Waals surface area contributed by atoms with Gasteiger partial charge in [0.1, 0.15) is 18.8 Å². The van der Waals surface area contributed by atoms with E-state index in [0.29, 0.717) is 76.2 Å². The molecule has 40 heavy (non-hydrogen) atoms. The molecule has 0 spiro atoms. The minimum absolute atomic E-state index is 0.00214. The van der Waals surface area contributed by atoms with E-state index in [0.717, 1.165) is 10.2 Å². The first-order valence-electron chi connectivity index (χ1n) is 12.7. The van der Waals surface area contributed by atoms with Crippen LogP contribution in [0.1, 0.15) is 0 Å². The Balaban J connectivity index is 1.34. The molecule has 3 aromatic rings. The molecule has 0 aliphatic carbocycles. The number of anilines is 2. The number of aliphatic hydroxyl groups is 1. The van der Waals surface area contributed by atoms with Gasteiger partial charge in [0.2, 0.25) is 0 Å². The molecule has 0 bridgehead atoms. The van der Waals surface area contributed by atoms with Gasteiger partial charge >= 0.3 is 5.69 Å². The number of hydrogen-bond donors (Lipinski definition) is 2. The van der Waals surface area contributed by atoms with Crippen molar-refractivity contribution in [2.75, 3.05) is 84.6 Å². The van der Waals surface area contributed by atoms with Crippen LogP contribution in [0.25, 0.3) is 10.9 Å². The summed E-state index contributed by atoms with van der Waals surface area (Å²) < 4.78 is 33.3. The van der Waals surface area contributed by atoms with Crippen LogP contribution >= 0.6 is 15.9 Å². The number of rotatable bonds is 21. The van der Waals surface area contributed by atoms with Crippen molar-refractivity contribution in [1.82, 2.24) is 9.97 Å². The second-order valence-corrected chi connectivity index (χ2v) is 9.00. The average molecular weight is 625 g/mol. The Kier molecular flexibility index (Phi) is 14.5. The maximum atomic E-state index is 11.7. The Bertz CT molecular complexity index is 1190. The lowest BCUT2D eigenvalue weighted by atomic mass is 10.2. The third kappa shape index (κ3) is 11.3. The Labute approximate surface area is 240 Å². The summed E-state index contributed by atoms with van der Waals surface area (Å²) in [5.41, 5.74) is 1.08. The number of benzene rings is 2. The van der Waals surface area contributed by atoms with E-state index in [1.807, 2.05) is 24.3 Å². The van der Waals surface area contributed by atoms with E-state index in [4.69, 9.17) is 33.5 Å². The standard InChI is InChI=1S/C26H33BrN4O9/c27-20-2-1-3-21(16-20)30-26-22-17-24(31(33)34)25(18-23(22)28-19-29-26)40-15-14-39-13-12-38-11-10-37-9-8-36-7-6-35-5-4-32/h1-3,16-19,32H,4-15H2,(H,28,29,30). The molecule has 14 heteroatoms. The summed E-state index contributed by atoms with van der Waals surface area (Å²) in [6, 6.07) is 10.4. The van der Waals surface area contributed by atoms with Gasteiger partial charge < -0.3 is 38.8 Å². The third-order valence-corrected chi connectivity index (χ3v) is 5.70. The van der Waals surface area contributed by atoms with Crippen molar-refractivity contribution in [3.8, 4) is 5.75 Å². The van der Waals surface area contributed by atoms with E-state index in [9.17, 15) is 10.1 Å². The second-order valence-electron chi connectivity index (χ2n) is 8.09. The van der Waals surface area contributed by atoms with E-state index in [1.165, 1.54) is 18.5 Å². The summed E-state index contributed by atoms with van der Waals surface area (Å²) in [7, 11) is 0. The van der Waals surface area contributed by atoms with E-state index >= 15 is 0 Å². The maximum absolute atomic E-state index is 11.7. The molecule has 2 N–H and O–H groups in total. The van der Waals surface area contributed by atoms with Crippen molar-refractivity contribution in [3.63, 3.8) is 0 Å². The Hall–Kier alpha value is -2.98. The predicted molar refractivity (Wildman–Crippen MR) is 150 cm³/mol. The molecular formula is C26H33BrN4O9. The molecule has 0 atom stereocenters. The summed E-state index contributed by atoms with van der Waals surface area (Å²) in [5, 5.41) is 24.0. The van der Waals surface area contributed by atoms with Crippen molar-refractivity contribution in [1.29, 1.82) is 0 Å². The summed E-state index contributed by atoms with van der Waals surface area (Å²) >= 11 is 3.42. The van der Waals surface area contributed by atoms with Gasteiger partial charge in [-0.3, -0.25) is 10.1 Å². The highest BCUT2D eigenvalue weighted by atomic mass is 79.9. The number of ether oxygens (including phenoxy) is 6. The normalized spacial score (nSPS) is 11.2. The van der Waals surface area contributed by atoms with Crippen molar-refractivity contribution < 1.29 is 38.5 Å². The molecule has 0 aliphatic rings. The lowest BCUT2D eigenvalue weighted by Gasteiger charge is -2.11. The van der Waals surface area contributed by atoms with Gasteiger partial charge in [-0.05, 0) is 18.2 Å². The first-order valence-corrected chi connectivity index (χ1v) is 13.5. The molecule has 218 valence electrons. The summed E-state index contributed by atoms with van der Waals surface area (Å²) in [6.45, 7) is 4.04. The molecule has 0 amide bonds. The topological polar surface area (TPSA) is 157 Å². The number of nitro benzene ring substituents is 1. The lowest BCUT2D eigenvalue weighted by molar-refractivity contribution is -0.385. The van der Waals surface area contributed by atoms with Crippen LogP contribution in [0.3, 0.4) is 0 Å². The van der Waals surface area contributed by atoms with E-state index in [-0.39, 0.29) is 31.3 Å². The molecule has 1 heterocycles. The van der Waals surface area contributed by atoms with Crippen molar-refractivity contribution in [3.05, 3.63) is 57.3 Å². The second kappa shape index (κ2) is 18.4. The molecule has 0 radical (unpaired) electrons. The molecule has 3 rings (SSSR count). The predicted octanol–water partition coefficient (Wildman–Crippen LogP) is 3.50. The first-order chi connectivity index (χ1) is 19.6. The van der Waals surface area contributed by atoms with Crippen LogP contribution in [-0.4, -0.2) is 99.3 Å². The monoisotopic (exact) mass is 624 g/mol. The molecule has 0 unspecified atom stereocenters. The molecule has 0 fully saturated rings. The minimum atomic E-state index is -0.499. The van der Waals surface area contributed by atoms with Crippen LogP contribution in [0.4, 0.5) is 17.2 Å².